The van der Waals surface area contributed by atoms with Gasteiger partial charge in [-0.1, -0.05) is 6.07 Å². The van der Waals surface area contributed by atoms with E-state index in [2.05, 4.69) is 5.32 Å². The van der Waals surface area contributed by atoms with E-state index in [1.165, 1.54) is 18.9 Å². The molecule has 1 fully saturated rings. The first-order valence-corrected chi connectivity index (χ1v) is 4.50. The zero-order valence-corrected chi connectivity index (χ0v) is 7.33. The van der Waals surface area contributed by atoms with Crippen LogP contribution in [0, 0.1) is 0 Å². The van der Waals surface area contributed by atoms with Gasteiger partial charge in [-0.2, -0.15) is 0 Å². The standard InChI is InChI=1S/C10H13NO2/c12-9-4-1-7(5-10(9)13)6-11-8-2-3-8/h1,4-5,8,11-13H,2-3,6H2. The third-order valence-corrected chi connectivity index (χ3v) is 2.21. The van der Waals surface area contributed by atoms with Gasteiger partial charge >= 0.3 is 0 Å². The molecule has 3 N–H and O–H groups in total. The van der Waals surface area contributed by atoms with Gasteiger partial charge in [0, 0.05) is 12.6 Å². The number of hydrogen-bond acceptors (Lipinski definition) is 3. The Morgan fingerprint density at radius 3 is 2.62 bits per heavy atom. The molecule has 1 saturated carbocycles. The van der Waals surface area contributed by atoms with E-state index >= 15 is 0 Å². The Hall–Kier alpha value is -1.22. The Morgan fingerprint density at radius 1 is 1.23 bits per heavy atom. The lowest BCUT2D eigenvalue weighted by molar-refractivity contribution is 0.403. The van der Waals surface area contributed by atoms with E-state index in [0.29, 0.717) is 6.04 Å². The summed E-state index contributed by atoms with van der Waals surface area (Å²) in [5.41, 5.74) is 1.00. The van der Waals surface area contributed by atoms with Gasteiger partial charge in [-0.3, -0.25) is 0 Å². The first-order valence-electron chi connectivity index (χ1n) is 4.50. The van der Waals surface area contributed by atoms with Gasteiger partial charge < -0.3 is 15.5 Å². The molecule has 0 radical (unpaired) electrons. The minimum Gasteiger partial charge on any atom is -0.504 e. The molecular formula is C10H13NO2. The number of nitrogens with one attached hydrogen (secondary N) is 1. The normalized spacial score (nSPS) is 16.0. The Bertz CT molecular complexity index is 308. The Labute approximate surface area is 77.0 Å². The van der Waals surface area contributed by atoms with Crippen LogP contribution in [0.15, 0.2) is 18.2 Å². The van der Waals surface area contributed by atoms with Crippen LogP contribution in [0.3, 0.4) is 0 Å². The molecule has 2 rings (SSSR count). The van der Waals surface area contributed by atoms with E-state index in [4.69, 9.17) is 5.11 Å². The largest absolute Gasteiger partial charge is 0.504 e. The highest BCUT2D eigenvalue weighted by molar-refractivity contribution is 5.40. The molecule has 0 saturated heterocycles. The monoisotopic (exact) mass is 179 g/mol. The number of benzene rings is 1. The number of phenols is 2. The van der Waals surface area contributed by atoms with Crippen LogP contribution < -0.4 is 5.32 Å². The Morgan fingerprint density at radius 2 is 2.00 bits per heavy atom. The number of rotatable bonds is 3. The van der Waals surface area contributed by atoms with Gasteiger partial charge in [0.2, 0.25) is 0 Å². The number of hydrogen-bond donors (Lipinski definition) is 3. The molecule has 0 heterocycles. The first kappa shape index (κ1) is 8.38. The fourth-order valence-corrected chi connectivity index (χ4v) is 1.23. The zero-order valence-electron chi connectivity index (χ0n) is 7.33. The molecule has 0 spiro atoms. The Kier molecular flexibility index (Phi) is 2.10. The molecule has 0 unspecified atom stereocenters. The highest BCUT2D eigenvalue weighted by Crippen LogP contribution is 2.25. The quantitative estimate of drug-likeness (QED) is 0.614. The zero-order chi connectivity index (χ0) is 9.26. The summed E-state index contributed by atoms with van der Waals surface area (Å²) in [7, 11) is 0. The molecule has 0 aliphatic heterocycles. The molecule has 0 atom stereocenters. The molecule has 1 aromatic rings. The lowest BCUT2D eigenvalue weighted by atomic mass is 10.2. The van der Waals surface area contributed by atoms with Crippen molar-refractivity contribution in [2.75, 3.05) is 0 Å². The highest BCUT2D eigenvalue weighted by atomic mass is 16.3. The van der Waals surface area contributed by atoms with Crippen LogP contribution in [0.2, 0.25) is 0 Å². The van der Waals surface area contributed by atoms with Gasteiger partial charge in [-0.05, 0) is 30.5 Å². The maximum atomic E-state index is 9.20. The average Bonchev–Trinajstić information content (AvgIpc) is 2.91. The summed E-state index contributed by atoms with van der Waals surface area (Å²) in [6, 6.07) is 5.57. The Balaban J connectivity index is 1.98. The highest BCUT2D eigenvalue weighted by Gasteiger charge is 2.19. The molecular weight excluding hydrogens is 166 g/mol. The predicted molar refractivity (Wildman–Crippen MR) is 49.6 cm³/mol. The van der Waals surface area contributed by atoms with Crippen molar-refractivity contribution in [3.05, 3.63) is 23.8 Å². The van der Waals surface area contributed by atoms with Gasteiger partial charge in [0.1, 0.15) is 0 Å². The van der Waals surface area contributed by atoms with Crippen LogP contribution in [0.4, 0.5) is 0 Å². The summed E-state index contributed by atoms with van der Waals surface area (Å²) >= 11 is 0. The van der Waals surface area contributed by atoms with Crippen molar-refractivity contribution in [3.63, 3.8) is 0 Å². The topological polar surface area (TPSA) is 52.5 Å². The van der Waals surface area contributed by atoms with Gasteiger partial charge in [-0.15, -0.1) is 0 Å². The second-order valence-corrected chi connectivity index (χ2v) is 3.48. The molecule has 3 heteroatoms. The van der Waals surface area contributed by atoms with Crippen molar-refractivity contribution >= 4 is 0 Å². The van der Waals surface area contributed by atoms with Gasteiger partial charge in [0.25, 0.3) is 0 Å². The molecule has 13 heavy (non-hydrogen) atoms. The fraction of sp³-hybridized carbons (Fsp3) is 0.400. The molecule has 1 aliphatic rings. The van der Waals surface area contributed by atoms with E-state index in [0.717, 1.165) is 12.1 Å². The smallest absolute Gasteiger partial charge is 0.157 e. The minimum atomic E-state index is -0.0600. The third kappa shape index (κ3) is 2.12. The van der Waals surface area contributed by atoms with E-state index in [1.54, 1.807) is 6.07 Å². The first-order chi connectivity index (χ1) is 6.25. The summed E-state index contributed by atoms with van der Waals surface area (Å²) in [5, 5.41) is 21.6. The molecule has 1 aliphatic carbocycles. The second kappa shape index (κ2) is 3.26. The summed E-state index contributed by atoms with van der Waals surface area (Å²) < 4.78 is 0. The van der Waals surface area contributed by atoms with Crippen LogP contribution >= 0.6 is 0 Å². The fourth-order valence-electron chi connectivity index (χ4n) is 1.23. The van der Waals surface area contributed by atoms with Gasteiger partial charge in [0.15, 0.2) is 11.5 Å². The van der Waals surface area contributed by atoms with Crippen molar-refractivity contribution in [1.29, 1.82) is 0 Å². The van der Waals surface area contributed by atoms with Gasteiger partial charge in [-0.25, -0.2) is 0 Å². The minimum absolute atomic E-state index is 0.0462. The molecule has 70 valence electrons. The number of phenolic OH excluding ortho intramolecular Hbond substituents is 2. The van der Waals surface area contributed by atoms with Crippen LogP contribution in [0.5, 0.6) is 11.5 Å². The van der Waals surface area contributed by atoms with Crippen molar-refractivity contribution in [2.45, 2.75) is 25.4 Å². The summed E-state index contributed by atoms with van der Waals surface area (Å²) in [5.74, 6) is -0.106. The molecule has 0 amide bonds. The summed E-state index contributed by atoms with van der Waals surface area (Å²) in [6.45, 7) is 0.762. The van der Waals surface area contributed by atoms with Crippen LogP contribution in [0.1, 0.15) is 18.4 Å². The van der Waals surface area contributed by atoms with Crippen LogP contribution in [-0.2, 0) is 6.54 Å². The van der Waals surface area contributed by atoms with Crippen LogP contribution in [-0.4, -0.2) is 16.3 Å². The summed E-state index contributed by atoms with van der Waals surface area (Å²) in [4.78, 5) is 0. The van der Waals surface area contributed by atoms with E-state index < -0.39 is 0 Å². The van der Waals surface area contributed by atoms with Crippen molar-refractivity contribution in [3.8, 4) is 11.5 Å². The second-order valence-electron chi connectivity index (χ2n) is 3.48. The lowest BCUT2D eigenvalue weighted by Gasteiger charge is -2.04. The van der Waals surface area contributed by atoms with Gasteiger partial charge in [0.05, 0.1) is 0 Å². The molecule has 3 nitrogen and oxygen atoms in total. The maximum absolute atomic E-state index is 9.20. The lowest BCUT2D eigenvalue weighted by Crippen LogP contribution is -2.14. The van der Waals surface area contributed by atoms with Crippen LogP contribution in [0.25, 0.3) is 0 Å². The van der Waals surface area contributed by atoms with E-state index in [-0.39, 0.29) is 11.5 Å². The molecule has 1 aromatic carbocycles. The van der Waals surface area contributed by atoms with E-state index in [1.807, 2.05) is 6.07 Å². The third-order valence-electron chi connectivity index (χ3n) is 2.21. The van der Waals surface area contributed by atoms with Crippen molar-refractivity contribution in [2.24, 2.45) is 0 Å². The molecule has 0 bridgehead atoms. The average molecular weight is 179 g/mol. The predicted octanol–water partition coefficient (Wildman–Crippen LogP) is 1.35. The van der Waals surface area contributed by atoms with Crippen molar-refractivity contribution in [1.82, 2.24) is 5.32 Å². The summed E-state index contributed by atoms with van der Waals surface area (Å²) in [6.07, 6.45) is 2.51. The maximum Gasteiger partial charge on any atom is 0.157 e. The SMILES string of the molecule is Oc1ccc(CNC2CC2)cc1O. The number of aromatic hydroxyl groups is 2. The van der Waals surface area contributed by atoms with Crippen molar-refractivity contribution < 1.29 is 10.2 Å². The van der Waals surface area contributed by atoms with E-state index in [9.17, 15) is 5.11 Å². The molecule has 0 aromatic heterocycles.